The zero-order valence-corrected chi connectivity index (χ0v) is 7.12. The fourth-order valence-corrected chi connectivity index (χ4v) is 1.93. The number of halogens is 1. The van der Waals surface area contributed by atoms with Crippen LogP contribution in [0, 0.1) is 5.41 Å². The summed E-state index contributed by atoms with van der Waals surface area (Å²) in [5.74, 6) is 0. The van der Waals surface area contributed by atoms with Gasteiger partial charge in [0, 0.05) is 6.04 Å². The summed E-state index contributed by atoms with van der Waals surface area (Å²) in [6, 6.07) is 0.538. The molecule has 60 valence electrons. The largest absolute Gasteiger partial charge is 0.328 e. The van der Waals surface area contributed by atoms with Crippen LogP contribution in [0.1, 0.15) is 38.5 Å². The summed E-state index contributed by atoms with van der Waals surface area (Å²) in [4.78, 5) is 0. The van der Waals surface area contributed by atoms with Crippen LogP contribution >= 0.6 is 12.4 Å². The summed E-state index contributed by atoms with van der Waals surface area (Å²) >= 11 is 0. The highest BCUT2D eigenvalue weighted by molar-refractivity contribution is 5.85. The molecule has 0 aliphatic heterocycles. The molecule has 0 unspecified atom stereocenters. The summed E-state index contributed by atoms with van der Waals surface area (Å²) in [7, 11) is 0. The Morgan fingerprint density at radius 2 is 1.50 bits per heavy atom. The molecule has 0 aromatic heterocycles. The van der Waals surface area contributed by atoms with E-state index in [0.717, 1.165) is 5.41 Å². The Bertz CT molecular complexity index is 110. The van der Waals surface area contributed by atoms with Gasteiger partial charge in [-0.25, -0.2) is 0 Å². The van der Waals surface area contributed by atoms with Crippen LogP contribution in [-0.2, 0) is 0 Å². The standard InChI is InChI=1S/C8H15N.ClH/c9-7-1-3-8(4-2-7)5-6-8;/h7H,1-6,9H2;1H. The Hall–Kier alpha value is 0.250. The van der Waals surface area contributed by atoms with Crippen molar-refractivity contribution in [3.8, 4) is 0 Å². The van der Waals surface area contributed by atoms with Crippen molar-refractivity contribution in [2.45, 2.75) is 44.6 Å². The van der Waals surface area contributed by atoms with E-state index in [4.69, 9.17) is 5.73 Å². The molecule has 10 heavy (non-hydrogen) atoms. The molecule has 1 spiro atoms. The van der Waals surface area contributed by atoms with E-state index in [1.54, 1.807) is 0 Å². The summed E-state index contributed by atoms with van der Waals surface area (Å²) in [6.07, 6.45) is 8.43. The molecule has 0 atom stereocenters. The van der Waals surface area contributed by atoms with E-state index in [1.807, 2.05) is 0 Å². The van der Waals surface area contributed by atoms with Crippen molar-refractivity contribution in [3.05, 3.63) is 0 Å². The van der Waals surface area contributed by atoms with Crippen molar-refractivity contribution in [2.24, 2.45) is 11.1 Å². The topological polar surface area (TPSA) is 26.0 Å². The molecule has 2 N–H and O–H groups in total. The van der Waals surface area contributed by atoms with E-state index in [9.17, 15) is 0 Å². The van der Waals surface area contributed by atoms with Crippen molar-refractivity contribution in [1.29, 1.82) is 0 Å². The second-order valence-corrected chi connectivity index (χ2v) is 3.84. The third-order valence-corrected chi connectivity index (χ3v) is 3.05. The molecule has 0 amide bonds. The Morgan fingerprint density at radius 3 is 1.90 bits per heavy atom. The molecular weight excluding hydrogens is 146 g/mol. The zero-order chi connectivity index (χ0) is 6.32. The maximum absolute atomic E-state index is 5.78. The van der Waals surface area contributed by atoms with Crippen molar-refractivity contribution in [3.63, 3.8) is 0 Å². The zero-order valence-electron chi connectivity index (χ0n) is 6.31. The first kappa shape index (κ1) is 8.35. The Morgan fingerprint density at radius 1 is 1.00 bits per heavy atom. The minimum atomic E-state index is 0. The average molecular weight is 162 g/mol. The minimum Gasteiger partial charge on any atom is -0.328 e. The molecule has 2 rings (SSSR count). The van der Waals surface area contributed by atoms with E-state index in [2.05, 4.69) is 0 Å². The van der Waals surface area contributed by atoms with Gasteiger partial charge in [-0.1, -0.05) is 0 Å². The van der Waals surface area contributed by atoms with Crippen molar-refractivity contribution in [2.75, 3.05) is 0 Å². The predicted molar refractivity (Wildman–Crippen MR) is 45.4 cm³/mol. The van der Waals surface area contributed by atoms with Gasteiger partial charge in [-0.15, -0.1) is 12.4 Å². The van der Waals surface area contributed by atoms with Crippen molar-refractivity contribution < 1.29 is 0 Å². The normalized spacial score (nSPS) is 29.7. The first-order valence-corrected chi connectivity index (χ1v) is 4.06. The smallest absolute Gasteiger partial charge is 0.00392 e. The molecule has 0 heterocycles. The molecule has 2 aliphatic carbocycles. The minimum absolute atomic E-state index is 0. The Balaban J connectivity index is 0.000000500. The summed E-state index contributed by atoms with van der Waals surface area (Å²) < 4.78 is 0. The number of hydrogen-bond donors (Lipinski definition) is 1. The van der Waals surface area contributed by atoms with Crippen LogP contribution in [0.15, 0.2) is 0 Å². The van der Waals surface area contributed by atoms with Gasteiger partial charge in [-0.3, -0.25) is 0 Å². The highest BCUT2D eigenvalue weighted by atomic mass is 35.5. The van der Waals surface area contributed by atoms with Crippen LogP contribution < -0.4 is 5.73 Å². The lowest BCUT2D eigenvalue weighted by Crippen LogP contribution is -2.26. The monoisotopic (exact) mass is 161 g/mol. The number of hydrogen-bond acceptors (Lipinski definition) is 1. The van der Waals surface area contributed by atoms with Crippen LogP contribution in [0.3, 0.4) is 0 Å². The maximum atomic E-state index is 5.78. The molecule has 0 aromatic carbocycles. The van der Waals surface area contributed by atoms with E-state index in [-0.39, 0.29) is 12.4 Å². The Labute approximate surface area is 68.8 Å². The quantitative estimate of drug-likeness (QED) is 0.579. The first-order chi connectivity index (χ1) is 4.31. The number of nitrogens with two attached hydrogens (primary N) is 1. The lowest BCUT2D eigenvalue weighted by Gasteiger charge is -2.25. The second-order valence-electron chi connectivity index (χ2n) is 3.84. The fraction of sp³-hybridized carbons (Fsp3) is 1.00. The van der Waals surface area contributed by atoms with Crippen LogP contribution in [-0.4, -0.2) is 6.04 Å². The average Bonchev–Trinajstić information content (AvgIpc) is 2.60. The van der Waals surface area contributed by atoms with Crippen LogP contribution in [0.25, 0.3) is 0 Å². The van der Waals surface area contributed by atoms with Gasteiger partial charge in [-0.05, 0) is 43.9 Å². The third kappa shape index (κ3) is 1.46. The van der Waals surface area contributed by atoms with Gasteiger partial charge in [0.25, 0.3) is 0 Å². The van der Waals surface area contributed by atoms with E-state index < -0.39 is 0 Å². The molecule has 2 heteroatoms. The molecule has 0 radical (unpaired) electrons. The molecule has 2 saturated carbocycles. The van der Waals surface area contributed by atoms with E-state index in [0.29, 0.717) is 6.04 Å². The highest BCUT2D eigenvalue weighted by Crippen LogP contribution is 2.55. The maximum Gasteiger partial charge on any atom is 0.00392 e. The summed E-state index contributed by atoms with van der Waals surface area (Å²) in [5, 5.41) is 0. The van der Waals surface area contributed by atoms with Gasteiger partial charge < -0.3 is 5.73 Å². The predicted octanol–water partition coefficient (Wildman–Crippen LogP) is 2.09. The second kappa shape index (κ2) is 2.71. The lowest BCUT2D eigenvalue weighted by molar-refractivity contribution is 0.306. The fourth-order valence-electron chi connectivity index (χ4n) is 1.93. The van der Waals surface area contributed by atoms with Gasteiger partial charge in [0.1, 0.15) is 0 Å². The SMILES string of the molecule is Cl.NC1CCC2(CC1)CC2. The van der Waals surface area contributed by atoms with Crippen LogP contribution in [0.2, 0.25) is 0 Å². The molecule has 2 fully saturated rings. The van der Waals surface area contributed by atoms with Gasteiger partial charge in [0.05, 0.1) is 0 Å². The highest BCUT2D eigenvalue weighted by Gasteiger charge is 2.43. The van der Waals surface area contributed by atoms with E-state index >= 15 is 0 Å². The van der Waals surface area contributed by atoms with Crippen LogP contribution in [0.5, 0.6) is 0 Å². The third-order valence-electron chi connectivity index (χ3n) is 3.05. The molecular formula is C8H16ClN. The molecule has 0 aromatic rings. The van der Waals surface area contributed by atoms with Gasteiger partial charge in [0.2, 0.25) is 0 Å². The number of rotatable bonds is 0. The summed E-state index contributed by atoms with van der Waals surface area (Å²) in [6.45, 7) is 0. The van der Waals surface area contributed by atoms with E-state index in [1.165, 1.54) is 38.5 Å². The van der Waals surface area contributed by atoms with Gasteiger partial charge >= 0.3 is 0 Å². The van der Waals surface area contributed by atoms with Crippen LogP contribution in [0.4, 0.5) is 0 Å². The first-order valence-electron chi connectivity index (χ1n) is 4.06. The molecule has 0 saturated heterocycles. The molecule has 0 bridgehead atoms. The lowest BCUT2D eigenvalue weighted by atomic mass is 9.84. The van der Waals surface area contributed by atoms with Crippen molar-refractivity contribution in [1.82, 2.24) is 0 Å². The van der Waals surface area contributed by atoms with Gasteiger partial charge in [0.15, 0.2) is 0 Å². The Kier molecular flexibility index (Phi) is 2.26. The molecule has 1 nitrogen and oxygen atoms in total. The van der Waals surface area contributed by atoms with Crippen molar-refractivity contribution >= 4 is 12.4 Å². The molecule has 2 aliphatic rings. The van der Waals surface area contributed by atoms with Gasteiger partial charge in [-0.2, -0.15) is 0 Å². The summed E-state index contributed by atoms with van der Waals surface area (Å²) in [5.41, 5.74) is 6.61.